The number of carbonyl (C=O) groups excluding carboxylic acids is 1. The number of aliphatic hydroxyl groups is 1. The summed E-state index contributed by atoms with van der Waals surface area (Å²) in [7, 11) is 0. The van der Waals surface area contributed by atoms with Crippen LogP contribution in [0.15, 0.2) is 82.7 Å². The van der Waals surface area contributed by atoms with Gasteiger partial charge in [0.2, 0.25) is 0 Å². The molecule has 3 aromatic carbocycles. The number of hydrogen-bond donors (Lipinski definition) is 1. The molecule has 0 bridgehead atoms. The zero-order valence-electron chi connectivity index (χ0n) is 24.8. The van der Waals surface area contributed by atoms with Gasteiger partial charge in [0.1, 0.15) is 23.3 Å². The Labute approximate surface area is 249 Å². The lowest BCUT2D eigenvalue weighted by Gasteiger charge is -2.27. The molecule has 2 atom stereocenters. The lowest BCUT2D eigenvalue weighted by atomic mass is 9.87. The molecule has 0 saturated carbocycles. The summed E-state index contributed by atoms with van der Waals surface area (Å²) in [6.07, 6.45) is 1.30. The quantitative estimate of drug-likeness (QED) is 0.185. The molecule has 0 amide bonds. The summed E-state index contributed by atoms with van der Waals surface area (Å²) in [5.74, 6) is -0.180. The van der Waals surface area contributed by atoms with E-state index < -0.39 is 23.1 Å². The summed E-state index contributed by atoms with van der Waals surface area (Å²) in [4.78, 5) is 36.6. The van der Waals surface area contributed by atoms with Gasteiger partial charge in [0.05, 0.1) is 22.3 Å². The van der Waals surface area contributed by atoms with E-state index in [0.29, 0.717) is 53.8 Å². The summed E-state index contributed by atoms with van der Waals surface area (Å²) in [6, 6.07) is 20.3. The van der Waals surface area contributed by atoms with E-state index in [0.717, 1.165) is 11.1 Å². The Bertz CT molecular complexity index is 1710. The monoisotopic (exact) mass is 585 g/mol. The maximum absolute atomic E-state index is 13.8. The maximum Gasteiger partial charge on any atom is 0.306 e. The predicted molar refractivity (Wildman–Crippen MR) is 163 cm³/mol. The van der Waals surface area contributed by atoms with Crippen LogP contribution < -0.4 is 5.56 Å². The number of aliphatic hydroxyl groups excluding tert-OH is 1. The van der Waals surface area contributed by atoms with Crippen molar-refractivity contribution in [3.8, 4) is 5.69 Å². The fraction of sp³-hybridized carbons (Fsp3) is 0.353. The lowest BCUT2D eigenvalue weighted by molar-refractivity contribution is -0.154. The zero-order chi connectivity index (χ0) is 30.8. The second kappa shape index (κ2) is 12.1. The van der Waals surface area contributed by atoms with E-state index >= 15 is 0 Å². The first kappa shape index (κ1) is 30.1. The van der Waals surface area contributed by atoms with Gasteiger partial charge in [-0.3, -0.25) is 14.2 Å². The standard InChI is InChI=1S/C34H36FN3O5/c1-33(2,3)42-30(39)13-9-8-12-29-36-27-20-23(14-19-26(27)32(41)38(29)25-17-15-24(35)16-18-25)28-21-34(4,43-37-28)31(40)22-10-6-5-7-11-22/h5-7,10-11,14-20,31,40H,8-9,12-13,21H2,1-4H3/t31-,34+/m0/s1. The lowest BCUT2D eigenvalue weighted by Crippen LogP contribution is -2.33. The fourth-order valence-electron chi connectivity index (χ4n) is 5.23. The molecule has 8 nitrogen and oxygen atoms in total. The van der Waals surface area contributed by atoms with Gasteiger partial charge < -0.3 is 14.7 Å². The van der Waals surface area contributed by atoms with Gasteiger partial charge in [-0.25, -0.2) is 9.37 Å². The number of hydrogen-bond acceptors (Lipinski definition) is 7. The minimum atomic E-state index is -0.954. The van der Waals surface area contributed by atoms with Gasteiger partial charge in [-0.1, -0.05) is 41.6 Å². The Balaban J connectivity index is 1.43. The Kier molecular flexibility index (Phi) is 8.46. The average Bonchev–Trinajstić information content (AvgIpc) is 3.38. The van der Waals surface area contributed by atoms with Crippen LogP contribution in [0, 0.1) is 5.82 Å². The van der Waals surface area contributed by atoms with Gasteiger partial charge in [-0.15, -0.1) is 0 Å². The number of nitrogens with zero attached hydrogens (tertiary/aromatic N) is 3. The Morgan fingerprint density at radius 3 is 2.51 bits per heavy atom. The summed E-state index contributed by atoms with van der Waals surface area (Å²) >= 11 is 0. The van der Waals surface area contributed by atoms with Crippen LogP contribution in [0.3, 0.4) is 0 Å². The third-order valence-electron chi connectivity index (χ3n) is 7.38. The molecule has 0 aliphatic carbocycles. The minimum Gasteiger partial charge on any atom is -0.460 e. The number of rotatable bonds is 9. The van der Waals surface area contributed by atoms with Crippen LogP contribution in [0.25, 0.3) is 16.6 Å². The number of unbranched alkanes of at least 4 members (excludes halogenated alkanes) is 1. The smallest absolute Gasteiger partial charge is 0.306 e. The van der Waals surface area contributed by atoms with E-state index in [1.54, 1.807) is 30.3 Å². The molecule has 1 aliphatic rings. The van der Waals surface area contributed by atoms with Crippen molar-refractivity contribution in [2.45, 2.75) is 77.1 Å². The molecule has 43 heavy (non-hydrogen) atoms. The molecule has 1 aromatic heterocycles. The highest BCUT2D eigenvalue weighted by molar-refractivity contribution is 6.04. The summed E-state index contributed by atoms with van der Waals surface area (Å²) in [5, 5.41) is 15.7. The zero-order valence-corrected chi connectivity index (χ0v) is 24.8. The molecule has 0 saturated heterocycles. The van der Waals surface area contributed by atoms with Gasteiger partial charge in [0.25, 0.3) is 5.56 Å². The summed E-state index contributed by atoms with van der Waals surface area (Å²) in [5.41, 5.74) is 1.32. The minimum absolute atomic E-state index is 0.253. The summed E-state index contributed by atoms with van der Waals surface area (Å²) < 4.78 is 20.6. The molecule has 5 rings (SSSR count). The van der Waals surface area contributed by atoms with Gasteiger partial charge in [-0.2, -0.15) is 0 Å². The third-order valence-corrected chi connectivity index (χ3v) is 7.38. The molecule has 1 N–H and O–H groups in total. The Morgan fingerprint density at radius 2 is 1.81 bits per heavy atom. The Hall–Kier alpha value is -4.37. The van der Waals surface area contributed by atoms with Crippen molar-refractivity contribution >= 4 is 22.6 Å². The molecule has 1 aliphatic heterocycles. The van der Waals surface area contributed by atoms with Crippen molar-refractivity contribution in [1.82, 2.24) is 9.55 Å². The SMILES string of the molecule is CC(C)(C)OC(=O)CCCCc1nc2cc(C3=NO[C@@](C)([C@@H](O)c4ccccc4)C3)ccc2c(=O)n1-c1ccc(F)cc1. The highest BCUT2D eigenvalue weighted by Crippen LogP contribution is 2.37. The largest absolute Gasteiger partial charge is 0.460 e. The topological polar surface area (TPSA) is 103 Å². The van der Waals surface area contributed by atoms with Crippen molar-refractivity contribution in [3.05, 3.63) is 106 Å². The predicted octanol–water partition coefficient (Wildman–Crippen LogP) is 6.20. The number of ether oxygens (including phenoxy) is 1. The van der Waals surface area contributed by atoms with Gasteiger partial charge in [0.15, 0.2) is 5.60 Å². The number of aryl methyl sites for hydroxylation is 1. The first-order valence-corrected chi connectivity index (χ1v) is 14.5. The van der Waals surface area contributed by atoms with Crippen molar-refractivity contribution in [2.75, 3.05) is 0 Å². The van der Waals surface area contributed by atoms with E-state index in [1.165, 1.54) is 16.7 Å². The molecule has 9 heteroatoms. The van der Waals surface area contributed by atoms with Crippen molar-refractivity contribution < 1.29 is 23.9 Å². The average molecular weight is 586 g/mol. The van der Waals surface area contributed by atoms with Crippen LogP contribution in [0.5, 0.6) is 0 Å². The van der Waals surface area contributed by atoms with E-state index in [2.05, 4.69) is 5.16 Å². The van der Waals surface area contributed by atoms with Crippen molar-refractivity contribution in [3.63, 3.8) is 0 Å². The normalized spacial score (nSPS) is 17.4. The third kappa shape index (κ3) is 6.83. The van der Waals surface area contributed by atoms with E-state index in [-0.39, 0.29) is 17.9 Å². The molecule has 0 unspecified atom stereocenters. The molecule has 224 valence electrons. The first-order valence-electron chi connectivity index (χ1n) is 14.5. The van der Waals surface area contributed by atoms with Crippen LogP contribution in [-0.2, 0) is 20.8 Å². The van der Waals surface area contributed by atoms with Gasteiger partial charge in [-0.05, 0) is 82.5 Å². The number of halogens is 1. The second-order valence-electron chi connectivity index (χ2n) is 12.1. The highest BCUT2D eigenvalue weighted by atomic mass is 19.1. The number of fused-ring (bicyclic) bond motifs is 1. The van der Waals surface area contributed by atoms with Crippen LogP contribution in [-0.4, -0.2) is 37.5 Å². The number of benzene rings is 3. The first-order chi connectivity index (χ1) is 20.4. The molecule has 0 spiro atoms. The van der Waals surface area contributed by atoms with Crippen LogP contribution >= 0.6 is 0 Å². The van der Waals surface area contributed by atoms with Crippen molar-refractivity contribution in [2.24, 2.45) is 5.16 Å². The van der Waals surface area contributed by atoms with Crippen LogP contribution in [0.4, 0.5) is 4.39 Å². The highest BCUT2D eigenvalue weighted by Gasteiger charge is 2.42. The van der Waals surface area contributed by atoms with Crippen LogP contribution in [0.1, 0.15) is 76.4 Å². The second-order valence-corrected chi connectivity index (χ2v) is 12.1. The van der Waals surface area contributed by atoms with E-state index in [4.69, 9.17) is 14.6 Å². The van der Waals surface area contributed by atoms with Crippen LogP contribution in [0.2, 0.25) is 0 Å². The maximum atomic E-state index is 13.8. The Morgan fingerprint density at radius 1 is 1.09 bits per heavy atom. The number of carbonyl (C=O) groups is 1. The number of oxime groups is 1. The molecular weight excluding hydrogens is 549 g/mol. The van der Waals surface area contributed by atoms with E-state index in [1.807, 2.05) is 58.0 Å². The van der Waals surface area contributed by atoms with Crippen molar-refractivity contribution in [1.29, 1.82) is 0 Å². The van der Waals surface area contributed by atoms with E-state index in [9.17, 15) is 19.1 Å². The molecular formula is C34H36FN3O5. The molecule has 0 radical (unpaired) electrons. The van der Waals surface area contributed by atoms with Gasteiger partial charge >= 0.3 is 5.97 Å². The molecule has 4 aromatic rings. The molecule has 0 fully saturated rings. The number of esters is 1. The van der Waals surface area contributed by atoms with Gasteiger partial charge in [0, 0.05) is 24.8 Å². The summed E-state index contributed by atoms with van der Waals surface area (Å²) in [6.45, 7) is 7.30. The number of aromatic nitrogens is 2. The fourth-order valence-corrected chi connectivity index (χ4v) is 5.23. The molecule has 2 heterocycles.